The van der Waals surface area contributed by atoms with Crippen LogP contribution in [0, 0.1) is 12.8 Å². The largest absolute Gasteiger partial charge is 0.347 e. The third-order valence-corrected chi connectivity index (χ3v) is 6.77. The van der Waals surface area contributed by atoms with E-state index in [1.807, 2.05) is 18.2 Å². The summed E-state index contributed by atoms with van der Waals surface area (Å²) >= 11 is 0. The van der Waals surface area contributed by atoms with E-state index < -0.39 is 6.55 Å². The van der Waals surface area contributed by atoms with Crippen LogP contribution in [0.4, 0.5) is 8.78 Å². The summed E-state index contributed by atoms with van der Waals surface area (Å²) in [5, 5.41) is 7.05. The molecule has 1 aromatic heterocycles. The van der Waals surface area contributed by atoms with Gasteiger partial charge in [0.25, 0.3) is 5.91 Å². The van der Waals surface area contributed by atoms with Gasteiger partial charge in [0, 0.05) is 62.3 Å². The average Bonchev–Trinajstić information content (AvgIpc) is 2.93. The van der Waals surface area contributed by atoms with Crippen molar-refractivity contribution in [1.82, 2.24) is 24.9 Å². The zero-order chi connectivity index (χ0) is 20.2. The van der Waals surface area contributed by atoms with Crippen molar-refractivity contribution < 1.29 is 13.6 Å². The van der Waals surface area contributed by atoms with Crippen LogP contribution >= 0.6 is 0 Å². The number of fused-ring (bicyclic) bond motifs is 1. The number of halogens is 2. The molecule has 4 fully saturated rings. The molecule has 4 aliphatic rings. The summed E-state index contributed by atoms with van der Waals surface area (Å²) in [6.07, 6.45) is 0. The molecule has 3 atom stereocenters. The van der Waals surface area contributed by atoms with Gasteiger partial charge in [-0.3, -0.25) is 4.79 Å². The maximum Gasteiger partial charge on any atom is 0.333 e. The van der Waals surface area contributed by atoms with Gasteiger partial charge in [-0.05, 0) is 18.6 Å². The number of benzene rings is 1. The van der Waals surface area contributed by atoms with Crippen molar-refractivity contribution in [3.63, 3.8) is 0 Å². The van der Waals surface area contributed by atoms with Gasteiger partial charge in [0.15, 0.2) is 5.69 Å². The highest BCUT2D eigenvalue weighted by Gasteiger charge is 2.55. The highest BCUT2D eigenvalue weighted by atomic mass is 19.3. The minimum Gasteiger partial charge on any atom is -0.347 e. The Bertz CT molecular complexity index is 899. The van der Waals surface area contributed by atoms with Crippen LogP contribution in [0.3, 0.4) is 0 Å². The third-order valence-electron chi connectivity index (χ3n) is 6.77. The van der Waals surface area contributed by atoms with E-state index in [2.05, 4.69) is 32.3 Å². The first-order valence-corrected chi connectivity index (χ1v) is 10.1. The molecule has 8 heteroatoms. The Morgan fingerprint density at radius 1 is 1.17 bits per heavy atom. The van der Waals surface area contributed by atoms with Crippen LogP contribution in [-0.4, -0.2) is 70.8 Å². The van der Waals surface area contributed by atoms with E-state index in [0.29, 0.717) is 10.6 Å². The molecule has 4 aliphatic heterocycles. The molecule has 154 valence electrons. The molecule has 3 unspecified atom stereocenters. The molecule has 1 amide bonds. The van der Waals surface area contributed by atoms with Crippen molar-refractivity contribution in [2.45, 2.75) is 24.9 Å². The zero-order valence-electron chi connectivity index (χ0n) is 16.4. The number of alkyl halides is 2. The molecule has 4 saturated heterocycles. The number of nitrogens with zero attached hydrogens (tertiary/aromatic N) is 4. The second-order valence-corrected chi connectivity index (χ2v) is 8.60. The lowest BCUT2D eigenvalue weighted by molar-refractivity contribution is 0.0178. The number of nitrogens with one attached hydrogen (secondary N) is 1. The maximum absolute atomic E-state index is 13.1. The summed E-state index contributed by atoms with van der Waals surface area (Å²) in [5.74, 6) is -0.0774. The Morgan fingerprint density at radius 2 is 1.83 bits per heavy atom. The summed E-state index contributed by atoms with van der Waals surface area (Å²) in [6.45, 7) is 4.54. The SMILES string of the molecule is Cc1cc(C(=O)NC2C3CN4CCN(C3)CC2(c2ccccc2)C4)nn1C(F)F. The van der Waals surface area contributed by atoms with Gasteiger partial charge < -0.3 is 15.1 Å². The van der Waals surface area contributed by atoms with E-state index in [4.69, 9.17) is 0 Å². The number of carbonyl (C=O) groups is 1. The summed E-state index contributed by atoms with van der Waals surface area (Å²) < 4.78 is 26.8. The lowest BCUT2D eigenvalue weighted by Crippen LogP contribution is -2.70. The molecule has 4 bridgehead atoms. The van der Waals surface area contributed by atoms with Crippen LogP contribution in [0.25, 0.3) is 0 Å². The number of piperidine rings is 2. The number of rotatable bonds is 4. The first kappa shape index (κ1) is 18.7. The minimum absolute atomic E-state index is 0.0539. The lowest BCUT2D eigenvalue weighted by Gasteiger charge is -2.55. The quantitative estimate of drug-likeness (QED) is 0.850. The zero-order valence-corrected chi connectivity index (χ0v) is 16.4. The molecule has 5 heterocycles. The van der Waals surface area contributed by atoms with Crippen molar-refractivity contribution >= 4 is 5.91 Å². The van der Waals surface area contributed by atoms with Gasteiger partial charge in [0.2, 0.25) is 0 Å². The fourth-order valence-corrected chi connectivity index (χ4v) is 5.58. The Balaban J connectivity index is 1.49. The normalized spacial score (nSPS) is 33.1. The van der Waals surface area contributed by atoms with Gasteiger partial charge >= 0.3 is 6.55 Å². The Labute approximate surface area is 168 Å². The van der Waals surface area contributed by atoms with Gasteiger partial charge in [-0.1, -0.05) is 30.3 Å². The highest BCUT2D eigenvalue weighted by Crippen LogP contribution is 2.43. The van der Waals surface area contributed by atoms with Crippen LogP contribution in [0.15, 0.2) is 36.4 Å². The lowest BCUT2D eigenvalue weighted by atomic mass is 9.64. The first-order valence-electron chi connectivity index (χ1n) is 10.1. The topological polar surface area (TPSA) is 53.4 Å². The fourth-order valence-electron chi connectivity index (χ4n) is 5.58. The van der Waals surface area contributed by atoms with Crippen molar-refractivity contribution in [2.75, 3.05) is 39.3 Å². The number of hydrogen-bond donors (Lipinski definition) is 1. The van der Waals surface area contributed by atoms with Crippen LogP contribution < -0.4 is 5.32 Å². The van der Waals surface area contributed by atoms with Crippen LogP contribution in [-0.2, 0) is 5.41 Å². The first-order chi connectivity index (χ1) is 14.0. The Morgan fingerprint density at radius 3 is 2.41 bits per heavy atom. The van der Waals surface area contributed by atoms with Crippen molar-refractivity contribution in [3.8, 4) is 0 Å². The monoisotopic (exact) mass is 401 g/mol. The summed E-state index contributed by atoms with van der Waals surface area (Å²) in [5.41, 5.74) is 1.34. The average molecular weight is 401 g/mol. The van der Waals surface area contributed by atoms with Gasteiger partial charge in [0.1, 0.15) is 0 Å². The van der Waals surface area contributed by atoms with E-state index in [1.54, 1.807) is 0 Å². The van der Waals surface area contributed by atoms with E-state index >= 15 is 0 Å². The molecule has 29 heavy (non-hydrogen) atoms. The molecule has 6 rings (SSSR count). The molecule has 1 aromatic carbocycles. The second-order valence-electron chi connectivity index (χ2n) is 8.60. The molecule has 0 radical (unpaired) electrons. The molecule has 1 N–H and O–H groups in total. The Hall–Kier alpha value is -2.32. The van der Waals surface area contributed by atoms with Gasteiger partial charge in [-0.25, -0.2) is 4.68 Å². The molecule has 6 nitrogen and oxygen atoms in total. The number of aryl methyl sites for hydroxylation is 1. The van der Waals surface area contributed by atoms with Crippen molar-refractivity contribution in [2.24, 2.45) is 5.92 Å². The molecule has 0 saturated carbocycles. The van der Waals surface area contributed by atoms with E-state index in [-0.39, 0.29) is 28.8 Å². The standard InChI is InChI=1S/C21H25F2N5O/c1-14-9-17(25-28(14)20(22)23)19(29)24-18-15-10-26-7-8-27(11-15)13-21(18,12-26)16-5-3-2-4-6-16/h2-6,9,15,18,20H,7-8,10-13H2,1H3,(H,24,29). The van der Waals surface area contributed by atoms with Crippen LogP contribution in [0.5, 0.6) is 0 Å². The van der Waals surface area contributed by atoms with Crippen molar-refractivity contribution in [3.05, 3.63) is 53.3 Å². The summed E-state index contributed by atoms with van der Waals surface area (Å²) in [7, 11) is 0. The second kappa shape index (κ2) is 6.88. The fraction of sp³-hybridized carbons (Fsp3) is 0.524. The predicted octanol–water partition coefficient (Wildman–Crippen LogP) is 1.88. The summed E-state index contributed by atoms with van der Waals surface area (Å²) in [6, 6.07) is 11.8. The molecular formula is C21H25F2N5O. The van der Waals surface area contributed by atoms with E-state index in [0.717, 1.165) is 39.3 Å². The highest BCUT2D eigenvalue weighted by molar-refractivity contribution is 5.92. The Kier molecular flexibility index (Phi) is 4.43. The van der Waals surface area contributed by atoms with Gasteiger partial charge in [-0.15, -0.1) is 0 Å². The van der Waals surface area contributed by atoms with Gasteiger partial charge in [-0.2, -0.15) is 13.9 Å². The third kappa shape index (κ3) is 3.05. The van der Waals surface area contributed by atoms with Gasteiger partial charge in [0.05, 0.1) is 0 Å². The molecule has 0 aliphatic carbocycles. The van der Waals surface area contributed by atoms with E-state index in [1.165, 1.54) is 18.6 Å². The van der Waals surface area contributed by atoms with Crippen LogP contribution in [0.2, 0.25) is 0 Å². The van der Waals surface area contributed by atoms with E-state index in [9.17, 15) is 13.6 Å². The predicted molar refractivity (Wildman–Crippen MR) is 104 cm³/mol. The molecule has 2 aromatic rings. The van der Waals surface area contributed by atoms with Crippen LogP contribution in [0.1, 0.15) is 28.3 Å². The summed E-state index contributed by atoms with van der Waals surface area (Å²) in [4.78, 5) is 18.0. The smallest absolute Gasteiger partial charge is 0.333 e. The molecular weight excluding hydrogens is 376 g/mol. The number of aromatic nitrogens is 2. The number of amides is 1. The molecule has 0 spiro atoms. The minimum atomic E-state index is -2.75. The van der Waals surface area contributed by atoms with Crippen molar-refractivity contribution in [1.29, 1.82) is 0 Å². The number of hydrogen-bond acceptors (Lipinski definition) is 4. The maximum atomic E-state index is 13.1. The number of carbonyl (C=O) groups excluding carboxylic acids is 1.